The molecule has 0 saturated heterocycles. The summed E-state index contributed by atoms with van der Waals surface area (Å²) >= 11 is 6.42. The van der Waals surface area contributed by atoms with Gasteiger partial charge in [-0.25, -0.2) is 0 Å². The molecular formula is C109H121ClN18O17S4. The van der Waals surface area contributed by atoms with E-state index < -0.39 is 0 Å². The number of aromatic nitrogens is 12. The molecule has 2 saturated carbocycles. The summed E-state index contributed by atoms with van der Waals surface area (Å²) in [6.07, 6.45) is 18.1. The molecule has 2 aliphatic carbocycles. The zero-order valence-corrected chi connectivity index (χ0v) is 88.2. The second kappa shape index (κ2) is 54.6. The Morgan fingerprint density at radius 1 is 0.383 bits per heavy atom. The van der Waals surface area contributed by atoms with Crippen LogP contribution in [0.5, 0.6) is 63.2 Å². The predicted molar refractivity (Wildman–Crippen MR) is 569 cm³/mol. The molecule has 0 atom stereocenters. The first-order valence-electron chi connectivity index (χ1n) is 48.5. The van der Waals surface area contributed by atoms with Crippen molar-refractivity contribution in [3.63, 3.8) is 0 Å². The quantitative estimate of drug-likeness (QED) is 0.0192. The van der Waals surface area contributed by atoms with Gasteiger partial charge in [-0.2, -0.15) is 30.6 Å². The number of hydrogen-bond donors (Lipinski definition) is 7. The Balaban J connectivity index is 0.000000141. The smallest absolute Gasteiger partial charge is 0.266 e. The molecule has 6 aromatic carbocycles. The van der Waals surface area contributed by atoms with E-state index in [1.54, 1.807) is 157 Å². The maximum absolute atomic E-state index is 13.0. The Kier molecular flexibility index (Phi) is 40.0. The minimum Gasteiger partial charge on any atom is -1.00 e. The Bertz CT molecular complexity index is 6800. The van der Waals surface area contributed by atoms with Gasteiger partial charge in [0.1, 0.15) is 46.1 Å². The standard InChI is InChI=1S/C20H25N3O4.C20H27N3O2.C18H19N3O2S.C17H15N3O4S.C17H17N3O3S.C17H17N3O2S.ClH/c1-13-20(14(2)22-21-13)23(10-15-5-3-4-6-15)19(24)11-25-16-7-8-17-18(9-16)27-12-26-17;1-14-8-10-18(11-9-14)25-13-19(24)23(12-17-6-4-5-7-17)20-15(2)21-22-16(20)3;1-13-5-7-15(8-6-13)23-12-18(22)21(11-16-4-3-9-24-16)17-10-19-20-14(17)2;21-17(10-22-12-3-4-14-15(8-12)24-11-23-14)20(16-5-6-18-19-16)9-13-2-1-7-25-13;1-12-4-5-15(14(21)9-12)23-11-17(22)20(16-6-7-18-19-16)10-13-3-2-8-24-13;1-13-4-6-15(7-5-13)22-12-17(21)20(14-9-18-19-10-14)11-16-3-2-8-23-16;/h7-9,15H,3-6,10-12H2,1-2H3,(H,21,22);8-11,17H,4-7,12-13H2,1-3H3,(H,21,22);3-10H,11-12H2,1-2H3,(H,19,20);1-8H,9-11H2,(H,18,19);2-9,21H,10-11H2,1H3,(H,18,19);2-10H,11-12H2,1H3,(H,18,19);1H. The molecule has 0 bridgehead atoms. The van der Waals surface area contributed by atoms with Gasteiger partial charge >= 0.3 is 0 Å². The first-order chi connectivity index (χ1) is 71.9. The van der Waals surface area contributed by atoms with Gasteiger partial charge in [0.05, 0.1) is 96.5 Å². The van der Waals surface area contributed by atoms with Crippen LogP contribution in [0.4, 0.5) is 34.4 Å². The normalized spacial score (nSPS) is 12.4. The summed E-state index contributed by atoms with van der Waals surface area (Å²) in [5, 5.41) is 58.4. The summed E-state index contributed by atoms with van der Waals surface area (Å²) in [5.74, 6) is 7.86. The number of benzene rings is 6. The number of amides is 6. The van der Waals surface area contributed by atoms with Gasteiger partial charge in [-0.05, 0) is 224 Å². The first-order valence-corrected chi connectivity index (χ1v) is 52.0. The van der Waals surface area contributed by atoms with E-state index in [2.05, 4.69) is 61.2 Å². The fourth-order valence-electron chi connectivity index (χ4n) is 16.7. The number of thiophene rings is 4. The van der Waals surface area contributed by atoms with Crippen LogP contribution in [0.1, 0.15) is 122 Å². The second-order valence-electron chi connectivity index (χ2n) is 35.6. The van der Waals surface area contributed by atoms with Gasteiger partial charge in [-0.1, -0.05) is 109 Å². The largest absolute Gasteiger partial charge is 1.00 e. The molecule has 35 nitrogen and oxygen atoms in total. The van der Waals surface area contributed by atoms with Gasteiger partial charge in [0.25, 0.3) is 35.4 Å². The number of aryl methyl sites for hydroxylation is 9. The number of aromatic amines is 7. The molecule has 2 aliphatic heterocycles. The van der Waals surface area contributed by atoms with E-state index in [0.29, 0.717) is 102 Å². The summed E-state index contributed by atoms with van der Waals surface area (Å²) in [4.78, 5) is 91.2. The van der Waals surface area contributed by atoms with Crippen LogP contribution < -0.4 is 94.3 Å². The van der Waals surface area contributed by atoms with Crippen molar-refractivity contribution in [2.24, 2.45) is 11.8 Å². The average molecular weight is 2120 g/mol. The lowest BCUT2D eigenvalue weighted by Gasteiger charge is -2.26. The molecule has 149 heavy (non-hydrogen) atoms. The number of aromatic hydroxyl groups is 1. The Hall–Kier alpha value is -15.7. The number of carbonyl (C=O) groups excluding carboxylic acids is 6. The topological polar surface area (TPSA) is 408 Å². The summed E-state index contributed by atoms with van der Waals surface area (Å²) in [6, 6.07) is 58.1. The summed E-state index contributed by atoms with van der Waals surface area (Å²) in [7, 11) is 0. The lowest BCUT2D eigenvalue weighted by molar-refractivity contribution is -0.448. The summed E-state index contributed by atoms with van der Waals surface area (Å²) in [6.45, 7) is 21.1. The van der Waals surface area contributed by atoms with Gasteiger partial charge in [-0.15, -0.1) is 50.4 Å². The molecule has 2 fully saturated rings. The van der Waals surface area contributed by atoms with Crippen LogP contribution in [0.2, 0.25) is 0 Å². The van der Waals surface area contributed by atoms with Crippen molar-refractivity contribution in [2.45, 2.75) is 140 Å². The molecule has 40 heteroatoms. The third-order valence-electron chi connectivity index (χ3n) is 24.4. The minimum absolute atomic E-state index is 0. The van der Waals surface area contributed by atoms with Crippen molar-refractivity contribution in [3.8, 4) is 63.2 Å². The van der Waals surface area contributed by atoms with Gasteiger partial charge in [0.2, 0.25) is 19.8 Å². The van der Waals surface area contributed by atoms with E-state index in [4.69, 9.17) is 47.4 Å². The Morgan fingerprint density at radius 2 is 0.745 bits per heavy atom. The molecule has 20 rings (SSSR count). The van der Waals surface area contributed by atoms with Crippen molar-refractivity contribution in [1.29, 1.82) is 0 Å². The average Bonchev–Trinajstić information content (AvgIpc) is 1.70. The lowest BCUT2D eigenvalue weighted by atomic mass is 10.1. The van der Waals surface area contributed by atoms with Crippen LogP contribution in [0, 0.1) is 74.1 Å². The molecule has 10 aromatic heterocycles. The van der Waals surface area contributed by atoms with E-state index in [-0.39, 0.29) is 113 Å². The highest BCUT2D eigenvalue weighted by Crippen LogP contribution is 2.39. The van der Waals surface area contributed by atoms with E-state index in [1.165, 1.54) is 56.9 Å². The number of nitrogens with zero attached hydrogens (tertiary/aromatic N) is 11. The maximum atomic E-state index is 13.0. The molecular weight excluding hydrogens is 2000 g/mol. The number of halogens is 1. The van der Waals surface area contributed by atoms with Crippen molar-refractivity contribution < 1.29 is 98.7 Å². The van der Waals surface area contributed by atoms with Crippen molar-refractivity contribution in [1.82, 2.24) is 56.1 Å². The lowest BCUT2D eigenvalue weighted by Crippen LogP contribution is -3.00. The minimum atomic E-state index is -0.229. The van der Waals surface area contributed by atoms with Crippen molar-refractivity contribution in [2.75, 3.05) is 95.7 Å². The molecule has 16 aromatic rings. The molecule has 8 N–H and O–H groups in total. The summed E-state index contributed by atoms with van der Waals surface area (Å²) in [5.41, 5.74) is 12.1. The SMILES string of the molecule is Cc1ccc(OCC(=O)N(CC2CCCC2)c2c(C)n[nH]c2C)cc1.Cc1ccc(OCC(=O)N(Cc2cccs2)c2c[nH][nH+]c2)cc1.Cc1ccc(OCC(=O)N(Cc2cccs2)c2ccn[nH]2)c(O)c1.Cc1ccc(OCC(=O)N(Cc2cccs2)c2cn[nH]c2C)cc1.Cc1n[nH]c(C)c1N(CC1CCCC1)C(=O)COc1ccc2c(c1)OCO2.O=C(COc1ccc2c(c1)OCO2)N(Cc1cccs1)c1ccn[nH]1.[Cl-]. The number of carbonyl (C=O) groups is 6. The fraction of sp³-hybridized carbons (Fsp3) is 0.303. The van der Waals surface area contributed by atoms with E-state index in [9.17, 15) is 33.9 Å². The van der Waals surface area contributed by atoms with Gasteiger partial charge < -0.3 is 79.6 Å². The maximum Gasteiger partial charge on any atom is 0.266 e. The highest BCUT2D eigenvalue weighted by molar-refractivity contribution is 7.10. The monoisotopic (exact) mass is 2120 g/mol. The van der Waals surface area contributed by atoms with Crippen LogP contribution in [-0.4, -0.2) is 163 Å². The number of rotatable bonds is 36. The second-order valence-corrected chi connectivity index (χ2v) is 39.7. The van der Waals surface area contributed by atoms with E-state index in [0.717, 1.165) is 99.7 Å². The Morgan fingerprint density at radius 3 is 1.10 bits per heavy atom. The molecule has 12 heterocycles. The number of phenols is 1. The number of fused-ring (bicyclic) bond motifs is 2. The molecule has 780 valence electrons. The van der Waals surface area contributed by atoms with Crippen LogP contribution in [0.3, 0.4) is 0 Å². The highest BCUT2D eigenvalue weighted by Gasteiger charge is 2.32. The van der Waals surface area contributed by atoms with Crippen LogP contribution >= 0.6 is 45.3 Å². The zero-order valence-electron chi connectivity index (χ0n) is 84.2. The van der Waals surface area contributed by atoms with Gasteiger partial charge in [0, 0.05) is 56.9 Å². The molecule has 4 aliphatic rings. The summed E-state index contributed by atoms with van der Waals surface area (Å²) < 4.78 is 55.1. The van der Waals surface area contributed by atoms with Gasteiger partial charge in [0.15, 0.2) is 74.1 Å². The number of ether oxygens (including phenoxy) is 10. The number of anilines is 6. The molecule has 0 radical (unpaired) electrons. The molecule has 6 amide bonds. The predicted octanol–water partition coefficient (Wildman–Crippen LogP) is 16.7. The first kappa shape index (κ1) is 109. The van der Waals surface area contributed by atoms with Crippen LogP contribution in [-0.2, 0) is 54.9 Å². The third-order valence-corrected chi connectivity index (χ3v) is 27.9. The van der Waals surface area contributed by atoms with E-state index in [1.807, 2.05) is 221 Å². The molecule has 0 spiro atoms. The third kappa shape index (κ3) is 31.7. The highest BCUT2D eigenvalue weighted by atomic mass is 35.5. The molecule has 0 unspecified atom stereocenters. The van der Waals surface area contributed by atoms with Crippen LogP contribution in [0.25, 0.3) is 0 Å². The number of hydrogen-bond acceptors (Lipinski definition) is 26. The van der Waals surface area contributed by atoms with Crippen molar-refractivity contribution >= 4 is 115 Å². The van der Waals surface area contributed by atoms with Crippen molar-refractivity contribution in [3.05, 3.63) is 311 Å². The zero-order chi connectivity index (χ0) is 104. The van der Waals surface area contributed by atoms with Gasteiger partial charge in [-0.3, -0.25) is 69.0 Å². The Labute approximate surface area is 885 Å². The number of phenolic OH excluding ortho intramolecular Hbond substituents is 1. The van der Waals surface area contributed by atoms with Crippen LogP contribution in [0.15, 0.2) is 241 Å². The van der Waals surface area contributed by atoms with E-state index >= 15 is 0 Å². The number of nitrogens with one attached hydrogen (secondary N) is 7. The fourth-order valence-corrected chi connectivity index (χ4v) is 19.4. The number of H-pyrrole nitrogens is 7.